The zero-order valence-corrected chi connectivity index (χ0v) is 12.5. The van der Waals surface area contributed by atoms with Crippen LogP contribution in [0.3, 0.4) is 0 Å². The molecule has 0 atom stereocenters. The van der Waals surface area contributed by atoms with Gasteiger partial charge in [0, 0.05) is 42.6 Å². The van der Waals surface area contributed by atoms with Crippen molar-refractivity contribution in [1.29, 1.82) is 0 Å². The van der Waals surface area contributed by atoms with Crippen LogP contribution in [0.25, 0.3) is 0 Å². The Morgan fingerprint density at radius 3 is 2.74 bits per heavy atom. The molecule has 1 amide bonds. The van der Waals surface area contributed by atoms with Crippen molar-refractivity contribution in [3.63, 3.8) is 0 Å². The topological polar surface area (TPSA) is 32.3 Å². The van der Waals surface area contributed by atoms with Gasteiger partial charge >= 0.3 is 0 Å². The first-order chi connectivity index (χ1) is 9.04. The van der Waals surface area contributed by atoms with Crippen molar-refractivity contribution in [2.24, 2.45) is 0 Å². The van der Waals surface area contributed by atoms with E-state index in [-0.39, 0.29) is 17.8 Å². The number of nitrogens with one attached hydrogen (secondary N) is 1. The lowest BCUT2D eigenvalue weighted by Gasteiger charge is -2.32. The smallest absolute Gasteiger partial charge is 0.217 e. The third-order valence-corrected chi connectivity index (χ3v) is 3.90. The fraction of sp³-hybridized carbons (Fsp3) is 0.500. The Bertz CT molecular complexity index is 459. The van der Waals surface area contributed by atoms with Gasteiger partial charge < -0.3 is 5.32 Å². The Kier molecular flexibility index (Phi) is 4.93. The summed E-state index contributed by atoms with van der Waals surface area (Å²) in [5.74, 6) is -0.143. The van der Waals surface area contributed by atoms with Gasteiger partial charge in [-0.1, -0.05) is 22.0 Å². The summed E-state index contributed by atoms with van der Waals surface area (Å²) in [6.45, 7) is 3.95. The van der Waals surface area contributed by atoms with Crippen LogP contribution in [0.5, 0.6) is 0 Å². The largest absolute Gasteiger partial charge is 0.354 e. The maximum Gasteiger partial charge on any atom is 0.217 e. The average Bonchev–Trinajstić information content (AvgIpc) is 2.34. The van der Waals surface area contributed by atoms with Gasteiger partial charge in [0.15, 0.2) is 0 Å². The zero-order valence-electron chi connectivity index (χ0n) is 11.0. The number of carbonyl (C=O) groups excluding carboxylic acids is 1. The van der Waals surface area contributed by atoms with Gasteiger partial charge in [0.25, 0.3) is 0 Å². The van der Waals surface area contributed by atoms with Crippen LogP contribution in [-0.4, -0.2) is 29.9 Å². The molecular formula is C14H18BrFN2O. The molecule has 0 unspecified atom stereocenters. The maximum atomic E-state index is 13.7. The van der Waals surface area contributed by atoms with Crippen LogP contribution in [0.4, 0.5) is 4.39 Å². The van der Waals surface area contributed by atoms with Crippen LogP contribution in [-0.2, 0) is 11.3 Å². The van der Waals surface area contributed by atoms with Crippen LogP contribution in [0.15, 0.2) is 22.7 Å². The molecule has 2 rings (SSSR count). The lowest BCUT2D eigenvalue weighted by atomic mass is 10.0. The van der Waals surface area contributed by atoms with Gasteiger partial charge in [0.2, 0.25) is 5.91 Å². The quantitative estimate of drug-likeness (QED) is 0.925. The van der Waals surface area contributed by atoms with E-state index < -0.39 is 0 Å². The molecule has 1 fully saturated rings. The summed E-state index contributed by atoms with van der Waals surface area (Å²) in [6.07, 6.45) is 1.86. The second-order valence-corrected chi connectivity index (χ2v) is 5.90. The number of hydrogen-bond acceptors (Lipinski definition) is 2. The van der Waals surface area contributed by atoms with E-state index >= 15 is 0 Å². The standard InChI is InChI=1S/C14H18BrFN2O/c1-10(19)17-13-4-6-18(7-5-13)9-11-2-3-12(15)8-14(11)16/h2-3,8,13H,4-7,9H2,1H3,(H,17,19). The Morgan fingerprint density at radius 2 is 2.16 bits per heavy atom. The average molecular weight is 329 g/mol. The number of halogens is 2. The molecule has 5 heteroatoms. The summed E-state index contributed by atoms with van der Waals surface area (Å²) in [5, 5.41) is 2.94. The molecule has 0 spiro atoms. The SMILES string of the molecule is CC(=O)NC1CCN(Cc2ccc(Br)cc2F)CC1. The molecule has 1 aliphatic heterocycles. The van der Waals surface area contributed by atoms with Crippen molar-refractivity contribution >= 4 is 21.8 Å². The monoisotopic (exact) mass is 328 g/mol. The lowest BCUT2D eigenvalue weighted by molar-refractivity contribution is -0.119. The van der Waals surface area contributed by atoms with E-state index in [1.807, 2.05) is 12.1 Å². The molecule has 1 aliphatic rings. The van der Waals surface area contributed by atoms with Crippen molar-refractivity contribution in [3.8, 4) is 0 Å². The van der Waals surface area contributed by atoms with Crippen LogP contribution < -0.4 is 5.32 Å². The van der Waals surface area contributed by atoms with Crippen LogP contribution in [0.2, 0.25) is 0 Å². The molecule has 19 heavy (non-hydrogen) atoms. The minimum atomic E-state index is -0.168. The predicted molar refractivity (Wildman–Crippen MR) is 76.2 cm³/mol. The van der Waals surface area contributed by atoms with Crippen molar-refractivity contribution in [1.82, 2.24) is 10.2 Å². The number of carbonyl (C=O) groups is 1. The molecule has 0 bridgehead atoms. The second-order valence-electron chi connectivity index (χ2n) is 4.99. The minimum Gasteiger partial charge on any atom is -0.354 e. The first-order valence-electron chi connectivity index (χ1n) is 6.48. The van der Waals surface area contributed by atoms with Crippen molar-refractivity contribution in [2.45, 2.75) is 32.4 Å². The first kappa shape index (κ1) is 14.5. The molecule has 1 heterocycles. The number of likely N-dealkylation sites (tertiary alicyclic amines) is 1. The summed E-state index contributed by atoms with van der Waals surface area (Å²) in [6, 6.07) is 5.45. The molecule has 0 aromatic heterocycles. The van der Waals surface area contributed by atoms with Gasteiger partial charge in [-0.2, -0.15) is 0 Å². The Balaban J connectivity index is 1.87. The number of amides is 1. The van der Waals surface area contributed by atoms with Crippen LogP contribution >= 0.6 is 15.9 Å². The molecule has 0 saturated carbocycles. The van der Waals surface area contributed by atoms with Gasteiger partial charge in [-0.15, -0.1) is 0 Å². The molecule has 0 radical (unpaired) electrons. The summed E-state index contributed by atoms with van der Waals surface area (Å²) >= 11 is 3.26. The van der Waals surface area contributed by atoms with E-state index in [4.69, 9.17) is 0 Å². The molecule has 3 nitrogen and oxygen atoms in total. The Hall–Kier alpha value is -0.940. The Labute approximate surface area is 121 Å². The lowest BCUT2D eigenvalue weighted by Crippen LogP contribution is -2.43. The number of piperidine rings is 1. The number of hydrogen-bond donors (Lipinski definition) is 1. The summed E-state index contributed by atoms with van der Waals surface area (Å²) in [4.78, 5) is 13.2. The van der Waals surface area contributed by atoms with E-state index in [2.05, 4.69) is 26.1 Å². The van der Waals surface area contributed by atoms with E-state index in [1.54, 1.807) is 6.92 Å². The second kappa shape index (κ2) is 6.48. The highest BCUT2D eigenvalue weighted by atomic mass is 79.9. The molecule has 1 aromatic carbocycles. The molecule has 1 saturated heterocycles. The molecular weight excluding hydrogens is 311 g/mol. The van der Waals surface area contributed by atoms with Crippen LogP contribution in [0, 0.1) is 5.82 Å². The number of nitrogens with zero attached hydrogens (tertiary/aromatic N) is 1. The first-order valence-corrected chi connectivity index (χ1v) is 7.27. The van der Waals surface area contributed by atoms with E-state index in [0.717, 1.165) is 36.0 Å². The van der Waals surface area contributed by atoms with Gasteiger partial charge in [-0.3, -0.25) is 9.69 Å². The molecule has 1 aromatic rings. The highest BCUT2D eigenvalue weighted by Gasteiger charge is 2.20. The number of benzene rings is 1. The van der Waals surface area contributed by atoms with Crippen molar-refractivity contribution < 1.29 is 9.18 Å². The van der Waals surface area contributed by atoms with Gasteiger partial charge in [0.05, 0.1) is 0 Å². The Morgan fingerprint density at radius 1 is 1.47 bits per heavy atom. The highest BCUT2D eigenvalue weighted by molar-refractivity contribution is 9.10. The summed E-state index contributed by atoms with van der Waals surface area (Å²) < 4.78 is 14.5. The summed E-state index contributed by atoms with van der Waals surface area (Å²) in [5.41, 5.74) is 0.723. The third-order valence-electron chi connectivity index (χ3n) is 3.40. The zero-order chi connectivity index (χ0) is 13.8. The van der Waals surface area contributed by atoms with Gasteiger partial charge in [-0.05, 0) is 25.0 Å². The molecule has 1 N–H and O–H groups in total. The fourth-order valence-electron chi connectivity index (χ4n) is 2.41. The molecule has 104 valence electrons. The van der Waals surface area contributed by atoms with E-state index in [0.29, 0.717) is 6.54 Å². The molecule has 0 aliphatic carbocycles. The van der Waals surface area contributed by atoms with Crippen molar-refractivity contribution in [2.75, 3.05) is 13.1 Å². The predicted octanol–water partition coefficient (Wildman–Crippen LogP) is 2.69. The van der Waals surface area contributed by atoms with Crippen molar-refractivity contribution in [3.05, 3.63) is 34.1 Å². The van der Waals surface area contributed by atoms with E-state index in [9.17, 15) is 9.18 Å². The number of rotatable bonds is 3. The summed E-state index contributed by atoms with van der Waals surface area (Å²) in [7, 11) is 0. The van der Waals surface area contributed by atoms with Gasteiger partial charge in [-0.25, -0.2) is 4.39 Å². The third kappa shape index (κ3) is 4.28. The minimum absolute atomic E-state index is 0.0254. The van der Waals surface area contributed by atoms with Crippen LogP contribution in [0.1, 0.15) is 25.3 Å². The van der Waals surface area contributed by atoms with Gasteiger partial charge in [0.1, 0.15) is 5.82 Å². The fourth-order valence-corrected chi connectivity index (χ4v) is 2.75. The maximum absolute atomic E-state index is 13.7. The normalized spacial score (nSPS) is 17.4. The highest BCUT2D eigenvalue weighted by Crippen LogP contribution is 2.19. The van der Waals surface area contributed by atoms with E-state index in [1.165, 1.54) is 6.07 Å².